The predicted molar refractivity (Wildman–Crippen MR) is 137 cm³/mol. The van der Waals surface area contributed by atoms with Crippen LogP contribution in [0.4, 0.5) is 13.2 Å². The van der Waals surface area contributed by atoms with Gasteiger partial charge in [0.1, 0.15) is 4.75 Å². The molecule has 1 fully saturated rings. The highest BCUT2D eigenvalue weighted by molar-refractivity contribution is 7.90. The van der Waals surface area contributed by atoms with Crippen LogP contribution in [0, 0.1) is 5.41 Å². The Morgan fingerprint density at radius 1 is 1.03 bits per heavy atom. The molecule has 2 atom stereocenters. The predicted octanol–water partition coefficient (Wildman–Crippen LogP) is 5.64. The Hall–Kier alpha value is -1.20. The number of hydrogen-bond acceptors (Lipinski definition) is 4. The minimum absolute atomic E-state index is 0.0508. The first kappa shape index (κ1) is 28.4. The Balaban J connectivity index is 2.14. The highest BCUT2D eigenvalue weighted by Crippen LogP contribution is 2.40. The Kier molecular flexibility index (Phi) is 7.28. The molecule has 1 unspecified atom stereocenters. The number of nitrogens with one attached hydrogen (secondary N) is 1. The lowest BCUT2D eigenvalue weighted by Gasteiger charge is -2.32. The Morgan fingerprint density at radius 3 is 2.03 bits per heavy atom. The van der Waals surface area contributed by atoms with E-state index in [2.05, 4.69) is 4.72 Å². The number of rotatable bonds is 5. The number of nitrogens with zero attached hydrogens (tertiary/aromatic N) is 1. The van der Waals surface area contributed by atoms with E-state index >= 15 is 0 Å². The molecular formula is C25H38BF3N2O3S. The molecule has 0 bridgehead atoms. The molecule has 0 radical (unpaired) electrons. The summed E-state index contributed by atoms with van der Waals surface area (Å²) in [6, 6.07) is 3.21. The normalized spacial score (nSPS) is 20.5. The van der Waals surface area contributed by atoms with E-state index in [4.69, 9.17) is 9.31 Å². The number of halogens is 3. The summed E-state index contributed by atoms with van der Waals surface area (Å²) in [4.78, 5) is 0. The molecule has 1 aromatic heterocycles. The number of aromatic nitrogens is 1. The van der Waals surface area contributed by atoms with Gasteiger partial charge in [-0.05, 0) is 65.4 Å². The molecule has 1 N–H and O–H groups in total. The van der Waals surface area contributed by atoms with Crippen LogP contribution in [-0.4, -0.2) is 38.4 Å². The van der Waals surface area contributed by atoms with Crippen LogP contribution in [0.2, 0.25) is 0 Å². The van der Waals surface area contributed by atoms with Gasteiger partial charge in [-0.3, -0.25) is 0 Å². The van der Waals surface area contributed by atoms with E-state index in [0.717, 1.165) is 5.46 Å². The first-order valence-corrected chi connectivity index (χ1v) is 13.0. The Bertz CT molecular complexity index is 1050. The summed E-state index contributed by atoms with van der Waals surface area (Å²) >= 11 is -1.91. The third-order valence-corrected chi connectivity index (χ3v) is 8.09. The lowest BCUT2D eigenvalue weighted by molar-refractivity contribution is -0.152. The maximum atomic E-state index is 14.3. The SMILES string of the molecule is CC(C)(C)Cn1cc([C@H](N[S+]([O-])C(C)(C)C)C(F)(F)F)c2ccc(B3OC(C)(C)C(C)(C)O3)cc21. The summed E-state index contributed by atoms with van der Waals surface area (Å²) in [5.74, 6) is 0. The summed E-state index contributed by atoms with van der Waals surface area (Å²) < 4.78 is 71.2. The third kappa shape index (κ3) is 6.04. The van der Waals surface area contributed by atoms with Crippen molar-refractivity contribution >= 4 is 34.8 Å². The molecule has 196 valence electrons. The van der Waals surface area contributed by atoms with Gasteiger partial charge >= 0.3 is 13.3 Å². The van der Waals surface area contributed by atoms with E-state index in [0.29, 0.717) is 17.4 Å². The van der Waals surface area contributed by atoms with Gasteiger partial charge in [-0.1, -0.05) is 32.9 Å². The van der Waals surface area contributed by atoms with Gasteiger partial charge in [-0.25, -0.2) is 0 Å². The van der Waals surface area contributed by atoms with Crippen LogP contribution in [0.1, 0.15) is 80.8 Å². The van der Waals surface area contributed by atoms with Crippen molar-refractivity contribution in [3.8, 4) is 0 Å². The van der Waals surface area contributed by atoms with Gasteiger partial charge in [0.2, 0.25) is 0 Å². The lowest BCUT2D eigenvalue weighted by Crippen LogP contribution is -2.45. The number of alkyl halides is 3. The molecule has 2 heterocycles. The molecule has 3 rings (SSSR count). The second kappa shape index (κ2) is 8.98. The second-order valence-corrected chi connectivity index (χ2v) is 14.6. The number of hydrogen-bond donors (Lipinski definition) is 1. The summed E-state index contributed by atoms with van der Waals surface area (Å²) in [6.45, 7) is 19.4. The van der Waals surface area contributed by atoms with Crippen molar-refractivity contribution in [2.75, 3.05) is 0 Å². The first-order valence-electron chi connectivity index (χ1n) is 11.9. The lowest BCUT2D eigenvalue weighted by atomic mass is 9.78. The highest BCUT2D eigenvalue weighted by atomic mass is 32.2. The van der Waals surface area contributed by atoms with Crippen molar-refractivity contribution in [3.63, 3.8) is 0 Å². The number of fused-ring (bicyclic) bond motifs is 1. The van der Waals surface area contributed by atoms with Crippen LogP contribution < -0.4 is 10.2 Å². The van der Waals surface area contributed by atoms with Crippen LogP contribution in [0.5, 0.6) is 0 Å². The second-order valence-electron chi connectivity index (χ2n) is 12.6. The summed E-state index contributed by atoms with van der Waals surface area (Å²) in [7, 11) is -0.629. The van der Waals surface area contributed by atoms with Crippen molar-refractivity contribution in [2.45, 2.75) is 104 Å². The third-order valence-electron chi connectivity index (χ3n) is 6.53. The van der Waals surface area contributed by atoms with E-state index in [1.165, 1.54) is 6.20 Å². The molecule has 5 nitrogen and oxygen atoms in total. The maximum Gasteiger partial charge on any atom is 0.494 e. The van der Waals surface area contributed by atoms with Crippen LogP contribution in [0.3, 0.4) is 0 Å². The summed E-state index contributed by atoms with van der Waals surface area (Å²) in [5.41, 5.74) is 0.195. The van der Waals surface area contributed by atoms with Crippen molar-refractivity contribution in [1.82, 2.24) is 9.29 Å². The van der Waals surface area contributed by atoms with Gasteiger partial charge in [0.15, 0.2) is 6.04 Å². The van der Waals surface area contributed by atoms with Crippen LogP contribution in [-0.2, 0) is 27.2 Å². The Morgan fingerprint density at radius 2 is 1.57 bits per heavy atom. The molecular weight excluding hydrogens is 476 g/mol. The van der Waals surface area contributed by atoms with E-state index in [1.807, 2.05) is 59.1 Å². The van der Waals surface area contributed by atoms with Gasteiger partial charge in [0.05, 0.1) is 11.2 Å². The smallest absolute Gasteiger partial charge is 0.494 e. The average Bonchev–Trinajstić information content (AvgIpc) is 3.09. The molecule has 2 aromatic rings. The van der Waals surface area contributed by atoms with E-state index in [1.54, 1.807) is 32.9 Å². The Labute approximate surface area is 210 Å². The van der Waals surface area contributed by atoms with Gasteiger partial charge in [-0.15, -0.1) is 4.72 Å². The van der Waals surface area contributed by atoms with E-state index in [-0.39, 0.29) is 11.0 Å². The fraction of sp³-hybridized carbons (Fsp3) is 0.680. The molecule has 0 saturated carbocycles. The van der Waals surface area contributed by atoms with Crippen molar-refractivity contribution in [2.24, 2.45) is 5.41 Å². The zero-order valence-corrected chi connectivity index (χ0v) is 23.2. The van der Waals surface area contributed by atoms with Crippen molar-refractivity contribution in [3.05, 3.63) is 30.0 Å². The zero-order valence-electron chi connectivity index (χ0n) is 22.4. The molecule has 1 aliphatic heterocycles. The maximum absolute atomic E-state index is 14.3. The van der Waals surface area contributed by atoms with Crippen molar-refractivity contribution < 1.29 is 27.0 Å². The zero-order chi connectivity index (χ0) is 26.8. The fourth-order valence-corrected chi connectivity index (χ4v) is 4.75. The summed E-state index contributed by atoms with van der Waals surface area (Å²) in [5, 5.41) is 0.454. The first-order chi connectivity index (χ1) is 15.6. The molecule has 1 aliphatic rings. The molecule has 1 saturated heterocycles. The fourth-order valence-electron chi connectivity index (χ4n) is 3.93. The standard InChI is InChI=1S/C25H38BF3N2O3S/c1-21(2,3)15-31-14-18(20(25(27,28)29)30-35(32)22(4,5)6)17-12-11-16(13-19(17)31)26-33-23(7,8)24(9,10)34-26/h11-14,20,30H,15H2,1-10H3/t20-,35?/m0/s1. The minimum Gasteiger partial charge on any atom is -0.598 e. The topological polar surface area (TPSA) is 58.5 Å². The van der Waals surface area contributed by atoms with Gasteiger partial charge < -0.3 is 18.4 Å². The molecule has 0 spiro atoms. The van der Waals surface area contributed by atoms with Crippen LogP contribution in [0.15, 0.2) is 24.4 Å². The molecule has 10 heteroatoms. The molecule has 1 aromatic carbocycles. The average molecular weight is 514 g/mol. The van der Waals surface area contributed by atoms with Gasteiger partial charge in [0.25, 0.3) is 0 Å². The van der Waals surface area contributed by atoms with Gasteiger partial charge in [0, 0.05) is 40.6 Å². The van der Waals surface area contributed by atoms with Crippen LogP contribution in [0.25, 0.3) is 10.9 Å². The highest BCUT2D eigenvalue weighted by Gasteiger charge is 2.52. The van der Waals surface area contributed by atoms with Crippen LogP contribution >= 0.6 is 0 Å². The monoisotopic (exact) mass is 514 g/mol. The largest absolute Gasteiger partial charge is 0.598 e. The number of benzene rings is 1. The molecule has 35 heavy (non-hydrogen) atoms. The quantitative estimate of drug-likeness (QED) is 0.415. The van der Waals surface area contributed by atoms with Crippen molar-refractivity contribution in [1.29, 1.82) is 0 Å². The molecule has 0 amide bonds. The van der Waals surface area contributed by atoms with Gasteiger partial charge in [-0.2, -0.15) is 13.2 Å². The molecule has 0 aliphatic carbocycles. The van der Waals surface area contributed by atoms with E-state index < -0.39 is 46.6 Å². The minimum atomic E-state index is -4.63. The van der Waals surface area contributed by atoms with E-state index in [9.17, 15) is 17.7 Å². The summed E-state index contributed by atoms with van der Waals surface area (Å²) in [6.07, 6.45) is -3.10.